The summed E-state index contributed by atoms with van der Waals surface area (Å²) in [5, 5.41) is 8.53. The molecule has 72 valence electrons. The highest BCUT2D eigenvalue weighted by molar-refractivity contribution is 5.26. The molecule has 0 spiro atoms. The van der Waals surface area contributed by atoms with E-state index in [0.29, 0.717) is 5.69 Å². The molecule has 0 unspecified atom stereocenters. The fourth-order valence-corrected chi connectivity index (χ4v) is 1.28. The molecule has 0 saturated heterocycles. The predicted octanol–water partition coefficient (Wildman–Crippen LogP) is 2.13. The number of hydrogen-bond acceptors (Lipinski definition) is 3. The molecule has 1 aromatic rings. The van der Waals surface area contributed by atoms with Crippen LogP contribution in [0.15, 0.2) is 18.3 Å². The molecule has 1 saturated carbocycles. The minimum atomic E-state index is 0.430. The van der Waals surface area contributed by atoms with Crippen LogP contribution in [0.5, 0.6) is 5.75 Å². The van der Waals surface area contributed by atoms with Gasteiger partial charge in [0, 0.05) is 0 Å². The summed E-state index contributed by atoms with van der Waals surface area (Å²) in [6, 6.07) is 5.44. The van der Waals surface area contributed by atoms with Crippen molar-refractivity contribution in [2.75, 3.05) is 6.61 Å². The van der Waals surface area contributed by atoms with Crippen molar-refractivity contribution in [2.24, 2.45) is 5.92 Å². The fourth-order valence-electron chi connectivity index (χ4n) is 1.28. The van der Waals surface area contributed by atoms with Crippen LogP contribution in [-0.4, -0.2) is 11.6 Å². The van der Waals surface area contributed by atoms with Gasteiger partial charge in [0.25, 0.3) is 0 Å². The Morgan fingerprint density at radius 1 is 1.50 bits per heavy atom. The summed E-state index contributed by atoms with van der Waals surface area (Å²) in [6.45, 7) is 0.762. The normalized spacial score (nSPS) is 14.8. The van der Waals surface area contributed by atoms with E-state index < -0.39 is 0 Å². The smallest absolute Gasteiger partial charge is 0.140 e. The number of ether oxygens (including phenoxy) is 1. The molecule has 2 rings (SSSR count). The van der Waals surface area contributed by atoms with E-state index in [9.17, 15) is 0 Å². The lowest BCUT2D eigenvalue weighted by Crippen LogP contribution is -1.98. The molecule has 0 aliphatic heterocycles. The molecule has 1 aliphatic rings. The fraction of sp³-hybridized carbons (Fsp3) is 0.455. The monoisotopic (exact) mass is 188 g/mol. The third-order valence-corrected chi connectivity index (χ3v) is 2.34. The zero-order valence-electron chi connectivity index (χ0n) is 7.94. The van der Waals surface area contributed by atoms with Crippen molar-refractivity contribution < 1.29 is 4.74 Å². The Labute approximate surface area is 83.3 Å². The van der Waals surface area contributed by atoms with E-state index in [1.807, 2.05) is 6.07 Å². The predicted molar refractivity (Wildman–Crippen MR) is 51.8 cm³/mol. The highest BCUT2D eigenvalue weighted by Gasteiger charge is 2.20. The van der Waals surface area contributed by atoms with Gasteiger partial charge in [-0.3, -0.25) is 0 Å². The van der Waals surface area contributed by atoms with Crippen LogP contribution in [0.4, 0.5) is 0 Å². The second-order valence-corrected chi connectivity index (χ2v) is 3.57. The van der Waals surface area contributed by atoms with Gasteiger partial charge in [0.05, 0.1) is 12.8 Å². The lowest BCUT2D eigenvalue weighted by Gasteiger charge is -2.03. The van der Waals surface area contributed by atoms with Gasteiger partial charge in [0.2, 0.25) is 0 Å². The van der Waals surface area contributed by atoms with Gasteiger partial charge in [-0.15, -0.1) is 0 Å². The summed E-state index contributed by atoms with van der Waals surface area (Å²) >= 11 is 0. The van der Waals surface area contributed by atoms with Gasteiger partial charge in [-0.05, 0) is 24.5 Å². The molecular formula is C11H12N2O. The second-order valence-electron chi connectivity index (χ2n) is 3.57. The summed E-state index contributed by atoms with van der Waals surface area (Å²) in [5.41, 5.74) is 0.430. The summed E-state index contributed by atoms with van der Waals surface area (Å²) in [6.07, 6.45) is 5.45. The Hall–Kier alpha value is -1.56. The molecule has 0 amide bonds. The Balaban J connectivity index is 1.80. The van der Waals surface area contributed by atoms with Crippen molar-refractivity contribution in [1.29, 1.82) is 5.26 Å². The highest BCUT2D eigenvalue weighted by Crippen LogP contribution is 2.32. The van der Waals surface area contributed by atoms with Gasteiger partial charge >= 0.3 is 0 Å². The number of nitriles is 1. The molecule has 3 nitrogen and oxygen atoms in total. The maximum absolute atomic E-state index is 8.53. The summed E-state index contributed by atoms with van der Waals surface area (Å²) in [4.78, 5) is 3.92. The molecule has 1 fully saturated rings. The molecule has 0 N–H and O–H groups in total. The molecule has 1 heterocycles. The standard InChI is InChI=1S/C11H12N2O/c12-7-10-3-4-11(8-13-10)14-6-5-9-1-2-9/h3-4,8-9H,1-2,5-6H2. The van der Waals surface area contributed by atoms with Gasteiger partial charge in [-0.25, -0.2) is 4.98 Å². The quantitative estimate of drug-likeness (QED) is 0.727. The first-order chi connectivity index (χ1) is 6.88. The van der Waals surface area contributed by atoms with Gasteiger partial charge in [0.15, 0.2) is 0 Å². The van der Waals surface area contributed by atoms with Gasteiger partial charge in [-0.2, -0.15) is 5.26 Å². The van der Waals surface area contributed by atoms with E-state index in [-0.39, 0.29) is 0 Å². The number of aromatic nitrogens is 1. The molecule has 1 aromatic heterocycles. The SMILES string of the molecule is N#Cc1ccc(OCCC2CC2)cn1. The van der Waals surface area contributed by atoms with Crippen LogP contribution >= 0.6 is 0 Å². The first-order valence-corrected chi connectivity index (χ1v) is 4.87. The lowest BCUT2D eigenvalue weighted by molar-refractivity contribution is 0.301. The summed E-state index contributed by atoms with van der Waals surface area (Å²) in [7, 11) is 0. The van der Waals surface area contributed by atoms with Gasteiger partial charge in [0.1, 0.15) is 17.5 Å². The average Bonchev–Trinajstić information content (AvgIpc) is 3.03. The maximum Gasteiger partial charge on any atom is 0.140 e. The van der Waals surface area contributed by atoms with E-state index in [0.717, 1.165) is 24.7 Å². The molecular weight excluding hydrogens is 176 g/mol. The molecule has 0 aromatic carbocycles. The molecule has 0 radical (unpaired) electrons. The van der Waals surface area contributed by atoms with Crippen molar-refractivity contribution in [3.8, 4) is 11.8 Å². The van der Waals surface area contributed by atoms with Crippen LogP contribution in [-0.2, 0) is 0 Å². The molecule has 0 bridgehead atoms. The number of pyridine rings is 1. The third-order valence-electron chi connectivity index (χ3n) is 2.34. The van der Waals surface area contributed by atoms with Crippen molar-refractivity contribution in [3.63, 3.8) is 0 Å². The number of hydrogen-bond donors (Lipinski definition) is 0. The van der Waals surface area contributed by atoms with Crippen molar-refractivity contribution in [1.82, 2.24) is 4.98 Å². The second kappa shape index (κ2) is 4.10. The van der Waals surface area contributed by atoms with E-state index in [1.54, 1.807) is 18.3 Å². The van der Waals surface area contributed by atoms with Crippen LogP contribution in [0, 0.1) is 17.2 Å². The Morgan fingerprint density at radius 3 is 2.93 bits per heavy atom. The van der Waals surface area contributed by atoms with E-state index in [1.165, 1.54) is 12.8 Å². The number of nitrogens with zero attached hydrogens (tertiary/aromatic N) is 2. The zero-order chi connectivity index (χ0) is 9.80. The Kier molecular flexibility index (Phi) is 2.64. The van der Waals surface area contributed by atoms with Crippen molar-refractivity contribution in [3.05, 3.63) is 24.0 Å². The highest BCUT2D eigenvalue weighted by atomic mass is 16.5. The van der Waals surface area contributed by atoms with Crippen molar-refractivity contribution >= 4 is 0 Å². The number of rotatable bonds is 4. The van der Waals surface area contributed by atoms with Crippen LogP contribution < -0.4 is 4.74 Å². The lowest BCUT2D eigenvalue weighted by atomic mass is 10.3. The third kappa shape index (κ3) is 2.46. The first-order valence-electron chi connectivity index (χ1n) is 4.87. The maximum atomic E-state index is 8.53. The van der Waals surface area contributed by atoms with Gasteiger partial charge < -0.3 is 4.74 Å². The van der Waals surface area contributed by atoms with Crippen LogP contribution in [0.2, 0.25) is 0 Å². The van der Waals surface area contributed by atoms with E-state index in [4.69, 9.17) is 10.00 Å². The van der Waals surface area contributed by atoms with Crippen LogP contribution in [0.1, 0.15) is 25.0 Å². The largest absolute Gasteiger partial charge is 0.492 e. The average molecular weight is 188 g/mol. The topological polar surface area (TPSA) is 45.9 Å². The van der Waals surface area contributed by atoms with Crippen molar-refractivity contribution in [2.45, 2.75) is 19.3 Å². The Bertz CT molecular complexity index is 335. The zero-order valence-corrected chi connectivity index (χ0v) is 7.94. The van der Waals surface area contributed by atoms with Gasteiger partial charge in [-0.1, -0.05) is 12.8 Å². The van der Waals surface area contributed by atoms with Crippen LogP contribution in [0.25, 0.3) is 0 Å². The van der Waals surface area contributed by atoms with E-state index >= 15 is 0 Å². The summed E-state index contributed by atoms with van der Waals surface area (Å²) in [5.74, 6) is 1.64. The molecule has 3 heteroatoms. The molecule has 14 heavy (non-hydrogen) atoms. The molecule has 1 aliphatic carbocycles. The molecule has 0 atom stereocenters. The summed E-state index contributed by atoms with van der Waals surface area (Å²) < 4.78 is 5.48. The Morgan fingerprint density at radius 2 is 2.36 bits per heavy atom. The minimum absolute atomic E-state index is 0.430. The minimum Gasteiger partial charge on any atom is -0.492 e. The first kappa shape index (κ1) is 9.01. The van der Waals surface area contributed by atoms with E-state index in [2.05, 4.69) is 4.98 Å². The van der Waals surface area contributed by atoms with Crippen LogP contribution in [0.3, 0.4) is 0 Å².